The van der Waals surface area contributed by atoms with Crippen LogP contribution in [0.2, 0.25) is 0 Å². The van der Waals surface area contributed by atoms with Gasteiger partial charge in [0.1, 0.15) is 18.1 Å². The van der Waals surface area contributed by atoms with Gasteiger partial charge in [-0.05, 0) is 47.0 Å². The van der Waals surface area contributed by atoms with Crippen LogP contribution >= 0.6 is 11.3 Å². The Morgan fingerprint density at radius 2 is 1.75 bits per heavy atom. The zero-order valence-electron chi connectivity index (χ0n) is 19.2. The molecule has 2 heterocycles. The van der Waals surface area contributed by atoms with Crippen molar-refractivity contribution in [1.82, 2.24) is 14.6 Å². The molecule has 0 amide bonds. The summed E-state index contributed by atoms with van der Waals surface area (Å²) >= 11 is 1.07. The molecule has 0 atom stereocenters. The number of halogens is 1. The summed E-state index contributed by atoms with van der Waals surface area (Å²) in [5.41, 5.74) is 1.66. The van der Waals surface area contributed by atoms with Crippen molar-refractivity contribution in [2.24, 2.45) is 0 Å². The van der Waals surface area contributed by atoms with E-state index in [4.69, 9.17) is 9.47 Å². The lowest BCUT2D eigenvalue weighted by Gasteiger charge is -2.11. The van der Waals surface area contributed by atoms with Gasteiger partial charge in [0, 0.05) is 6.42 Å². The third kappa shape index (κ3) is 5.01. The van der Waals surface area contributed by atoms with Crippen LogP contribution in [-0.2, 0) is 13.0 Å². The molecule has 0 N–H and O–H groups in total. The Morgan fingerprint density at radius 3 is 2.50 bits per heavy atom. The molecule has 0 saturated heterocycles. The first kappa shape index (κ1) is 23.4. The van der Waals surface area contributed by atoms with Crippen LogP contribution in [0.3, 0.4) is 0 Å². The Kier molecular flexibility index (Phi) is 6.55. The van der Waals surface area contributed by atoms with Crippen LogP contribution in [0.4, 0.5) is 4.39 Å². The van der Waals surface area contributed by atoms with Gasteiger partial charge in [0.2, 0.25) is 4.96 Å². The summed E-state index contributed by atoms with van der Waals surface area (Å²) in [6.45, 7) is 0.396. The van der Waals surface area contributed by atoms with E-state index in [2.05, 4.69) is 10.1 Å². The minimum absolute atomic E-state index is 0.113. The summed E-state index contributed by atoms with van der Waals surface area (Å²) < 4.78 is 26.1. The number of benzene rings is 3. The topological polar surface area (TPSA) is 82.8 Å². The van der Waals surface area contributed by atoms with E-state index < -0.39 is 5.56 Å². The summed E-state index contributed by atoms with van der Waals surface area (Å²) in [5, 5.41) is 4.24. The van der Waals surface area contributed by atoms with Gasteiger partial charge in [0.05, 0.1) is 11.6 Å². The highest BCUT2D eigenvalue weighted by Crippen LogP contribution is 2.29. The van der Waals surface area contributed by atoms with Crippen molar-refractivity contribution in [3.05, 3.63) is 126 Å². The van der Waals surface area contributed by atoms with Gasteiger partial charge < -0.3 is 9.47 Å². The minimum Gasteiger partial charge on any atom is -0.493 e. The Bertz CT molecular complexity index is 1700. The van der Waals surface area contributed by atoms with Gasteiger partial charge >= 0.3 is 0 Å². The number of aromatic nitrogens is 3. The average molecular weight is 502 g/mol. The molecule has 0 saturated carbocycles. The van der Waals surface area contributed by atoms with E-state index in [0.717, 1.165) is 27.0 Å². The molecular weight excluding hydrogens is 481 g/mol. The maximum atomic E-state index is 13.2. The van der Waals surface area contributed by atoms with Crippen LogP contribution in [0.15, 0.2) is 82.4 Å². The highest BCUT2D eigenvalue weighted by Gasteiger charge is 2.12. The van der Waals surface area contributed by atoms with Crippen LogP contribution in [-0.4, -0.2) is 21.7 Å². The van der Waals surface area contributed by atoms with E-state index >= 15 is 0 Å². The Hall–Kier alpha value is -4.37. The highest BCUT2D eigenvalue weighted by molar-refractivity contribution is 7.15. The third-order valence-electron chi connectivity index (χ3n) is 5.46. The highest BCUT2D eigenvalue weighted by atomic mass is 32.1. The first-order chi connectivity index (χ1) is 17.5. The van der Waals surface area contributed by atoms with Crippen LogP contribution in [0.5, 0.6) is 11.5 Å². The predicted molar refractivity (Wildman–Crippen MR) is 135 cm³/mol. The lowest BCUT2D eigenvalue weighted by Crippen LogP contribution is -2.28. The fraction of sp³-hybridized carbons (Fsp3) is 0.111. The monoisotopic (exact) mass is 501 g/mol. The normalized spacial score (nSPS) is 11.7. The fourth-order valence-electron chi connectivity index (χ4n) is 3.63. The van der Waals surface area contributed by atoms with Crippen molar-refractivity contribution in [3.63, 3.8) is 0 Å². The van der Waals surface area contributed by atoms with Crippen LogP contribution in [0, 0.1) is 5.82 Å². The maximum absolute atomic E-state index is 13.2. The molecule has 5 aromatic rings. The number of rotatable bonds is 7. The molecule has 0 aliphatic rings. The summed E-state index contributed by atoms with van der Waals surface area (Å²) in [6, 6.07) is 20.9. The number of fused-ring (bicyclic) bond motifs is 1. The lowest BCUT2D eigenvalue weighted by molar-refractivity contribution is 0.284. The molecule has 0 bridgehead atoms. The molecular formula is C27H20FN3O4S. The molecule has 2 aromatic heterocycles. The summed E-state index contributed by atoms with van der Waals surface area (Å²) in [7, 11) is 1.55. The predicted octanol–water partition coefficient (Wildman–Crippen LogP) is 3.38. The van der Waals surface area contributed by atoms with Crippen molar-refractivity contribution < 1.29 is 13.9 Å². The Balaban J connectivity index is 1.44. The second-order valence-corrected chi connectivity index (χ2v) is 8.97. The molecule has 5 rings (SSSR count). The van der Waals surface area contributed by atoms with Crippen molar-refractivity contribution >= 4 is 22.4 Å². The van der Waals surface area contributed by atoms with Gasteiger partial charge in [0.15, 0.2) is 11.5 Å². The van der Waals surface area contributed by atoms with E-state index in [1.165, 1.54) is 12.1 Å². The molecule has 0 spiro atoms. The molecule has 180 valence electrons. The zero-order chi connectivity index (χ0) is 25.1. The first-order valence-corrected chi connectivity index (χ1v) is 11.9. The molecule has 7 nitrogen and oxygen atoms in total. The van der Waals surface area contributed by atoms with E-state index in [1.54, 1.807) is 37.5 Å². The summed E-state index contributed by atoms with van der Waals surface area (Å²) in [6.07, 6.45) is 1.84. The smallest absolute Gasteiger partial charge is 0.296 e. The number of hydrogen-bond donors (Lipinski definition) is 0. The number of ether oxygens (including phenoxy) is 2. The molecule has 0 aliphatic carbocycles. The second-order valence-electron chi connectivity index (χ2n) is 7.96. The molecule has 3 aromatic carbocycles. The van der Waals surface area contributed by atoms with Crippen LogP contribution < -0.4 is 25.1 Å². The first-order valence-electron chi connectivity index (χ1n) is 11.0. The molecule has 36 heavy (non-hydrogen) atoms. The fourth-order valence-corrected chi connectivity index (χ4v) is 4.53. The quantitative estimate of drug-likeness (QED) is 0.340. The van der Waals surface area contributed by atoms with Crippen LogP contribution in [0.25, 0.3) is 11.0 Å². The van der Waals surface area contributed by atoms with E-state index in [0.29, 0.717) is 28.2 Å². The molecule has 0 fully saturated rings. The SMILES string of the molecule is COc1cc(/C=c2/sc3nc(=O)c(Cc4ccc(F)cc4)nn3c2=O)ccc1OCc1ccccc1. The van der Waals surface area contributed by atoms with E-state index in [1.807, 2.05) is 36.4 Å². The summed E-state index contributed by atoms with van der Waals surface area (Å²) in [4.78, 5) is 29.7. The second kappa shape index (κ2) is 10.1. The van der Waals surface area contributed by atoms with Gasteiger partial charge in [-0.25, -0.2) is 4.39 Å². The Labute approximate surface area is 208 Å². The van der Waals surface area contributed by atoms with Gasteiger partial charge in [-0.2, -0.15) is 14.6 Å². The zero-order valence-corrected chi connectivity index (χ0v) is 20.0. The Morgan fingerprint density at radius 1 is 0.972 bits per heavy atom. The standard InChI is InChI=1S/C27H20FN3O4S/c1-34-23-14-19(9-12-22(23)35-16-18-5-3-2-4-6-18)15-24-26(33)31-27(36-24)29-25(32)21(30-31)13-17-7-10-20(28)11-8-17/h2-12,14-15H,13,16H2,1H3/b24-15+. The summed E-state index contributed by atoms with van der Waals surface area (Å²) in [5.74, 6) is 0.737. The van der Waals surface area contributed by atoms with Gasteiger partial charge in [-0.1, -0.05) is 59.9 Å². The van der Waals surface area contributed by atoms with Crippen molar-refractivity contribution in [2.45, 2.75) is 13.0 Å². The van der Waals surface area contributed by atoms with E-state index in [9.17, 15) is 14.0 Å². The van der Waals surface area contributed by atoms with Gasteiger partial charge in [0.25, 0.3) is 11.1 Å². The van der Waals surface area contributed by atoms with E-state index in [-0.39, 0.29) is 28.5 Å². The van der Waals surface area contributed by atoms with Crippen molar-refractivity contribution in [2.75, 3.05) is 7.11 Å². The third-order valence-corrected chi connectivity index (χ3v) is 6.42. The number of methoxy groups -OCH3 is 1. The largest absolute Gasteiger partial charge is 0.493 e. The number of thiazole rings is 1. The average Bonchev–Trinajstić information content (AvgIpc) is 3.19. The molecule has 0 aliphatic heterocycles. The molecule has 0 unspecified atom stereocenters. The lowest BCUT2D eigenvalue weighted by atomic mass is 10.1. The van der Waals surface area contributed by atoms with Crippen molar-refractivity contribution in [3.8, 4) is 11.5 Å². The minimum atomic E-state index is -0.520. The van der Waals surface area contributed by atoms with Gasteiger partial charge in [-0.15, -0.1) is 0 Å². The number of hydrogen-bond acceptors (Lipinski definition) is 7. The number of nitrogens with zero attached hydrogens (tertiary/aromatic N) is 3. The van der Waals surface area contributed by atoms with Crippen LogP contribution in [0.1, 0.15) is 22.4 Å². The maximum Gasteiger partial charge on any atom is 0.296 e. The molecule has 0 radical (unpaired) electrons. The van der Waals surface area contributed by atoms with Crippen molar-refractivity contribution in [1.29, 1.82) is 0 Å². The van der Waals surface area contributed by atoms with Gasteiger partial charge in [-0.3, -0.25) is 9.59 Å². The molecule has 9 heteroatoms.